The normalized spacial score (nSPS) is 14.5. The van der Waals surface area contributed by atoms with Crippen LogP contribution >= 0.6 is 0 Å². The van der Waals surface area contributed by atoms with Crippen molar-refractivity contribution in [2.45, 2.75) is 25.7 Å². The van der Waals surface area contributed by atoms with Crippen LogP contribution < -0.4 is 0 Å². The van der Waals surface area contributed by atoms with Crippen molar-refractivity contribution in [2.24, 2.45) is 9.78 Å². The van der Waals surface area contributed by atoms with E-state index in [9.17, 15) is 13.8 Å². The highest BCUT2D eigenvalue weighted by Gasteiger charge is 2.22. The van der Waals surface area contributed by atoms with Gasteiger partial charge in [-0.3, -0.25) is 4.79 Å². The van der Waals surface area contributed by atoms with Crippen LogP contribution in [0, 0.1) is 5.41 Å². The van der Waals surface area contributed by atoms with E-state index in [1.165, 1.54) is 30.5 Å². The van der Waals surface area contributed by atoms with Gasteiger partial charge in [0, 0.05) is 16.6 Å². The zero-order valence-corrected chi connectivity index (χ0v) is 12.2. The molecular formula is C13H17NO4S. The molecule has 1 unspecified atom stereocenters. The molecule has 1 N–H and O–H groups in total. The molecule has 0 aromatic heterocycles. The summed E-state index contributed by atoms with van der Waals surface area (Å²) in [5, 5.41) is 8.78. The van der Waals surface area contributed by atoms with E-state index >= 15 is 0 Å². The van der Waals surface area contributed by atoms with Crippen molar-refractivity contribution in [1.29, 1.82) is 0 Å². The summed E-state index contributed by atoms with van der Waals surface area (Å²) in [5.74, 6) is -1.50. The number of benzene rings is 1. The highest BCUT2D eigenvalue weighted by molar-refractivity contribution is 7.93. The minimum atomic E-state index is -2.85. The third-order valence-electron chi connectivity index (χ3n) is 2.44. The van der Waals surface area contributed by atoms with E-state index in [4.69, 9.17) is 5.11 Å². The molecule has 0 fully saturated rings. The third kappa shape index (κ3) is 3.89. The zero-order chi connectivity index (χ0) is 14.8. The molecule has 1 aromatic rings. The van der Waals surface area contributed by atoms with Crippen LogP contribution in [0.25, 0.3) is 0 Å². The Morgan fingerprint density at radius 3 is 2.00 bits per heavy atom. The van der Waals surface area contributed by atoms with Gasteiger partial charge in [-0.15, -0.1) is 0 Å². The lowest BCUT2D eigenvalue weighted by molar-refractivity contribution is -0.124. The van der Waals surface area contributed by atoms with E-state index < -0.39 is 27.0 Å². The number of hydrogen-bond donors (Lipinski definition) is 1. The van der Waals surface area contributed by atoms with E-state index in [0.717, 1.165) is 0 Å². The van der Waals surface area contributed by atoms with Crippen LogP contribution in [0.2, 0.25) is 0 Å². The Kier molecular flexibility index (Phi) is 4.15. The van der Waals surface area contributed by atoms with Gasteiger partial charge in [-0.05, 0) is 24.3 Å². The molecule has 1 aromatic carbocycles. The summed E-state index contributed by atoms with van der Waals surface area (Å²) in [6.07, 6.45) is 1.37. The van der Waals surface area contributed by atoms with Gasteiger partial charge in [0.1, 0.15) is 0 Å². The number of carboxylic acid groups (broad SMARTS) is 1. The SMILES string of the molecule is CC(C)(C)C(=O)N=S(C)(=O)c1ccc(C(=O)O)cc1. The molecule has 6 heteroatoms. The molecule has 104 valence electrons. The lowest BCUT2D eigenvalue weighted by Crippen LogP contribution is -2.19. The number of amides is 1. The molecular weight excluding hydrogens is 266 g/mol. The van der Waals surface area contributed by atoms with Crippen molar-refractivity contribution in [2.75, 3.05) is 6.26 Å². The van der Waals surface area contributed by atoms with Gasteiger partial charge in [-0.1, -0.05) is 20.8 Å². The van der Waals surface area contributed by atoms with Gasteiger partial charge < -0.3 is 5.11 Å². The molecule has 1 rings (SSSR count). The van der Waals surface area contributed by atoms with Gasteiger partial charge in [0.25, 0.3) is 5.91 Å². The first-order valence-corrected chi connectivity index (χ1v) is 7.56. The van der Waals surface area contributed by atoms with Crippen LogP contribution in [0.4, 0.5) is 0 Å². The molecule has 0 bridgehead atoms. The number of carboxylic acids is 1. The Morgan fingerprint density at radius 2 is 1.63 bits per heavy atom. The summed E-state index contributed by atoms with van der Waals surface area (Å²) < 4.78 is 16.2. The molecule has 1 atom stereocenters. The minimum absolute atomic E-state index is 0.0982. The Morgan fingerprint density at radius 1 is 1.16 bits per heavy atom. The van der Waals surface area contributed by atoms with Gasteiger partial charge >= 0.3 is 5.97 Å². The topological polar surface area (TPSA) is 83.8 Å². The minimum Gasteiger partial charge on any atom is -0.478 e. The number of nitrogens with zero attached hydrogens (tertiary/aromatic N) is 1. The van der Waals surface area contributed by atoms with Crippen molar-refractivity contribution in [3.8, 4) is 0 Å². The van der Waals surface area contributed by atoms with Crippen LogP contribution in [0.5, 0.6) is 0 Å². The first kappa shape index (κ1) is 15.4. The molecule has 0 aliphatic heterocycles. The molecule has 0 aliphatic rings. The third-order valence-corrected chi connectivity index (χ3v) is 4.10. The summed E-state index contributed by atoms with van der Waals surface area (Å²) in [6, 6.07) is 5.53. The Balaban J connectivity index is 3.21. The van der Waals surface area contributed by atoms with E-state index in [2.05, 4.69) is 4.36 Å². The highest BCUT2D eigenvalue weighted by Crippen LogP contribution is 2.19. The molecule has 0 spiro atoms. The van der Waals surface area contributed by atoms with Gasteiger partial charge in [-0.2, -0.15) is 4.36 Å². The first-order chi connectivity index (χ1) is 8.54. The van der Waals surface area contributed by atoms with Crippen molar-refractivity contribution in [3.63, 3.8) is 0 Å². The maximum absolute atomic E-state index is 12.4. The number of hydrogen-bond acceptors (Lipinski definition) is 3. The molecule has 5 nitrogen and oxygen atoms in total. The molecule has 1 amide bonds. The van der Waals surface area contributed by atoms with E-state index in [-0.39, 0.29) is 5.56 Å². The van der Waals surface area contributed by atoms with Gasteiger partial charge in [0.15, 0.2) is 0 Å². The summed E-state index contributed by atoms with van der Waals surface area (Å²) in [4.78, 5) is 22.9. The van der Waals surface area contributed by atoms with Gasteiger partial charge in [-0.25, -0.2) is 9.00 Å². The molecule has 0 heterocycles. The average Bonchev–Trinajstić information content (AvgIpc) is 2.27. The van der Waals surface area contributed by atoms with E-state index in [1.807, 2.05) is 0 Å². The Hall–Kier alpha value is -1.69. The van der Waals surface area contributed by atoms with Crippen LogP contribution in [-0.4, -0.2) is 27.4 Å². The second kappa shape index (κ2) is 5.13. The number of carbonyl (C=O) groups is 2. The Bertz CT molecular complexity index is 617. The standard InChI is InChI=1S/C13H17NO4S/c1-13(2,3)12(17)14-19(4,18)10-7-5-9(6-8-10)11(15)16/h5-8H,1-4H3,(H,15,16). The molecule has 0 saturated carbocycles. The number of carbonyl (C=O) groups excluding carboxylic acids is 1. The first-order valence-electron chi connectivity index (χ1n) is 5.64. The lowest BCUT2D eigenvalue weighted by atomic mass is 9.96. The van der Waals surface area contributed by atoms with Crippen molar-refractivity contribution in [1.82, 2.24) is 0 Å². The van der Waals surface area contributed by atoms with Crippen molar-refractivity contribution >= 4 is 21.6 Å². The largest absolute Gasteiger partial charge is 0.478 e. The summed E-state index contributed by atoms with van der Waals surface area (Å²) in [6.45, 7) is 5.09. The lowest BCUT2D eigenvalue weighted by Gasteiger charge is -2.13. The quantitative estimate of drug-likeness (QED) is 0.903. The summed E-state index contributed by atoms with van der Waals surface area (Å²) in [7, 11) is -2.85. The second-order valence-electron chi connectivity index (χ2n) is 5.28. The van der Waals surface area contributed by atoms with Crippen LogP contribution in [0.15, 0.2) is 33.5 Å². The molecule has 0 radical (unpaired) electrons. The zero-order valence-electron chi connectivity index (χ0n) is 11.3. The summed E-state index contributed by atoms with van der Waals surface area (Å²) >= 11 is 0. The highest BCUT2D eigenvalue weighted by atomic mass is 32.2. The van der Waals surface area contributed by atoms with Crippen molar-refractivity contribution in [3.05, 3.63) is 29.8 Å². The molecule has 0 saturated heterocycles. The smallest absolute Gasteiger partial charge is 0.335 e. The van der Waals surface area contributed by atoms with Crippen LogP contribution in [-0.2, 0) is 14.5 Å². The fourth-order valence-electron chi connectivity index (χ4n) is 1.20. The second-order valence-corrected chi connectivity index (χ2v) is 7.54. The van der Waals surface area contributed by atoms with Crippen LogP contribution in [0.3, 0.4) is 0 Å². The Labute approximate surface area is 112 Å². The summed E-state index contributed by atoms with van der Waals surface area (Å²) in [5.41, 5.74) is -0.597. The van der Waals surface area contributed by atoms with Crippen molar-refractivity contribution < 1.29 is 18.9 Å². The molecule has 0 aliphatic carbocycles. The maximum atomic E-state index is 12.4. The predicted molar refractivity (Wildman–Crippen MR) is 72.6 cm³/mol. The maximum Gasteiger partial charge on any atom is 0.335 e. The molecule has 19 heavy (non-hydrogen) atoms. The average molecular weight is 283 g/mol. The number of aromatic carboxylic acids is 1. The fourth-order valence-corrected chi connectivity index (χ4v) is 2.53. The fraction of sp³-hybridized carbons (Fsp3) is 0.385. The van der Waals surface area contributed by atoms with Crippen LogP contribution in [0.1, 0.15) is 31.1 Å². The van der Waals surface area contributed by atoms with Gasteiger partial charge in [0.05, 0.1) is 15.3 Å². The van der Waals surface area contributed by atoms with E-state index in [0.29, 0.717) is 4.90 Å². The predicted octanol–water partition coefficient (Wildman–Crippen LogP) is 2.41. The van der Waals surface area contributed by atoms with E-state index in [1.54, 1.807) is 20.8 Å². The monoisotopic (exact) mass is 283 g/mol. The number of rotatable bonds is 2. The van der Waals surface area contributed by atoms with Gasteiger partial charge in [0.2, 0.25) is 0 Å².